The minimum absolute atomic E-state index is 0.0840. The van der Waals surface area contributed by atoms with Crippen molar-refractivity contribution in [3.8, 4) is 0 Å². The second kappa shape index (κ2) is 8.16. The molecule has 2 rings (SSSR count). The maximum Gasteiger partial charge on any atom is 0.410 e. The third-order valence-electron chi connectivity index (χ3n) is 3.96. The fourth-order valence-corrected chi connectivity index (χ4v) is 2.74. The number of carbonyl (C=O) groups is 2. The monoisotopic (exact) mass is 364 g/mol. The molecule has 8 heteroatoms. The van der Waals surface area contributed by atoms with Crippen molar-refractivity contribution in [1.29, 1.82) is 0 Å². The van der Waals surface area contributed by atoms with Gasteiger partial charge >= 0.3 is 12.1 Å². The fraction of sp³-hybridized carbons (Fsp3) is 0.556. The van der Waals surface area contributed by atoms with Crippen LogP contribution in [0.15, 0.2) is 24.3 Å². The number of rotatable bonds is 4. The smallest absolute Gasteiger partial charge is 0.410 e. The van der Waals surface area contributed by atoms with Crippen molar-refractivity contribution in [3.63, 3.8) is 0 Å². The number of likely N-dealkylation sites (tertiary alicyclic amines) is 1. The third kappa shape index (κ3) is 5.44. The molecule has 0 spiro atoms. The van der Waals surface area contributed by atoms with E-state index in [0.29, 0.717) is 24.9 Å². The number of amides is 1. The molecule has 0 aromatic heterocycles. The van der Waals surface area contributed by atoms with E-state index in [1.807, 2.05) is 0 Å². The van der Waals surface area contributed by atoms with Crippen molar-refractivity contribution in [3.05, 3.63) is 39.9 Å². The Hall–Kier alpha value is -2.64. The van der Waals surface area contributed by atoms with Gasteiger partial charge in [0.2, 0.25) is 0 Å². The largest absolute Gasteiger partial charge is 0.460 e. The van der Waals surface area contributed by atoms with E-state index >= 15 is 0 Å². The number of hydrogen-bond donors (Lipinski definition) is 0. The standard InChI is InChI=1S/C18H24N2O6/c1-18(2,3)26-17(22)19-10-6-8-13(11-19)16(21)25-12-14-7-4-5-9-15(14)20(23)24/h4-5,7,9,13H,6,8,10-12H2,1-3H3. The highest BCUT2D eigenvalue weighted by Crippen LogP contribution is 2.23. The first-order chi connectivity index (χ1) is 12.2. The summed E-state index contributed by atoms with van der Waals surface area (Å²) in [6, 6.07) is 6.14. The SMILES string of the molecule is CC(C)(C)OC(=O)N1CCCC(C(=O)OCc2ccccc2[N+](=O)[O-])C1. The number of benzene rings is 1. The maximum absolute atomic E-state index is 12.3. The predicted octanol–water partition coefficient (Wildman–Crippen LogP) is 3.29. The Morgan fingerprint density at radius 1 is 1.31 bits per heavy atom. The Bertz CT molecular complexity index is 683. The molecule has 1 aromatic rings. The van der Waals surface area contributed by atoms with Gasteiger partial charge in [0.1, 0.15) is 12.2 Å². The van der Waals surface area contributed by atoms with Crippen LogP contribution in [0.4, 0.5) is 10.5 Å². The normalized spacial score (nSPS) is 17.5. The molecule has 1 aliphatic heterocycles. The van der Waals surface area contributed by atoms with Crippen LogP contribution >= 0.6 is 0 Å². The lowest BCUT2D eigenvalue weighted by atomic mass is 9.98. The highest BCUT2D eigenvalue weighted by molar-refractivity contribution is 5.75. The predicted molar refractivity (Wildman–Crippen MR) is 93.4 cm³/mol. The molecule has 0 saturated carbocycles. The lowest BCUT2D eigenvalue weighted by molar-refractivity contribution is -0.385. The number of esters is 1. The van der Waals surface area contributed by atoms with E-state index in [1.54, 1.807) is 39.0 Å². The Morgan fingerprint density at radius 3 is 2.65 bits per heavy atom. The average Bonchev–Trinajstić information content (AvgIpc) is 2.58. The van der Waals surface area contributed by atoms with Crippen molar-refractivity contribution < 1.29 is 24.0 Å². The van der Waals surface area contributed by atoms with E-state index in [-0.39, 0.29) is 18.8 Å². The second-order valence-corrected chi connectivity index (χ2v) is 7.26. The highest BCUT2D eigenvalue weighted by atomic mass is 16.6. The van der Waals surface area contributed by atoms with Gasteiger partial charge in [0.15, 0.2) is 0 Å². The molecule has 1 aliphatic rings. The zero-order valence-corrected chi connectivity index (χ0v) is 15.3. The Morgan fingerprint density at radius 2 is 2.00 bits per heavy atom. The molecule has 1 heterocycles. The van der Waals surface area contributed by atoms with Crippen molar-refractivity contribution in [2.24, 2.45) is 5.92 Å². The summed E-state index contributed by atoms with van der Waals surface area (Å²) in [4.78, 5) is 36.5. The van der Waals surface area contributed by atoms with Crippen molar-refractivity contribution in [2.45, 2.75) is 45.8 Å². The first kappa shape index (κ1) is 19.7. The number of nitro groups is 1. The third-order valence-corrected chi connectivity index (χ3v) is 3.96. The zero-order valence-electron chi connectivity index (χ0n) is 15.3. The maximum atomic E-state index is 12.3. The van der Waals surface area contributed by atoms with Crippen LogP contribution in [0.5, 0.6) is 0 Å². The molecule has 1 aromatic carbocycles. The first-order valence-electron chi connectivity index (χ1n) is 8.54. The molecule has 1 saturated heterocycles. The van der Waals surface area contributed by atoms with Gasteiger partial charge in [-0.3, -0.25) is 14.9 Å². The molecule has 26 heavy (non-hydrogen) atoms. The van der Waals surface area contributed by atoms with Crippen molar-refractivity contribution in [1.82, 2.24) is 4.90 Å². The summed E-state index contributed by atoms with van der Waals surface area (Å²) in [6.07, 6.45) is 0.827. The van der Waals surface area contributed by atoms with E-state index in [9.17, 15) is 19.7 Å². The van der Waals surface area contributed by atoms with E-state index in [2.05, 4.69) is 0 Å². The number of carbonyl (C=O) groups excluding carboxylic acids is 2. The molecule has 1 atom stereocenters. The van der Waals surface area contributed by atoms with Gasteiger partial charge in [-0.05, 0) is 39.7 Å². The summed E-state index contributed by atoms with van der Waals surface area (Å²) >= 11 is 0. The number of nitrogens with zero attached hydrogens (tertiary/aromatic N) is 2. The fourth-order valence-electron chi connectivity index (χ4n) is 2.74. The van der Waals surface area contributed by atoms with Crippen molar-refractivity contribution >= 4 is 17.7 Å². The van der Waals surface area contributed by atoms with Crippen molar-refractivity contribution in [2.75, 3.05) is 13.1 Å². The summed E-state index contributed by atoms with van der Waals surface area (Å²) < 4.78 is 10.6. The molecule has 1 fully saturated rings. The van der Waals surface area contributed by atoms with Crippen LogP contribution in [-0.4, -0.2) is 40.6 Å². The molecule has 1 amide bonds. The molecule has 0 bridgehead atoms. The second-order valence-electron chi connectivity index (χ2n) is 7.26. The Labute approximate surface area is 152 Å². The average molecular weight is 364 g/mol. The summed E-state index contributed by atoms with van der Waals surface area (Å²) in [5, 5.41) is 11.0. The van der Waals surface area contributed by atoms with Crippen LogP contribution in [0.3, 0.4) is 0 Å². The van der Waals surface area contributed by atoms with Crippen LogP contribution < -0.4 is 0 Å². The van der Waals surface area contributed by atoms with Crippen LogP contribution in [-0.2, 0) is 20.9 Å². The van der Waals surface area contributed by atoms with Crippen LogP contribution in [0, 0.1) is 16.0 Å². The lowest BCUT2D eigenvalue weighted by Crippen LogP contribution is -2.45. The topological polar surface area (TPSA) is 99.0 Å². The molecule has 0 aliphatic carbocycles. The quantitative estimate of drug-likeness (QED) is 0.462. The number of piperidine rings is 1. The summed E-state index contributed by atoms with van der Waals surface area (Å²) in [6.45, 7) is 5.94. The molecular weight excluding hydrogens is 340 g/mol. The zero-order chi connectivity index (χ0) is 19.3. The minimum Gasteiger partial charge on any atom is -0.460 e. The van der Waals surface area contributed by atoms with E-state index < -0.39 is 28.5 Å². The molecule has 1 unspecified atom stereocenters. The molecule has 8 nitrogen and oxygen atoms in total. The van der Waals surface area contributed by atoms with Gasteiger partial charge in [0.25, 0.3) is 5.69 Å². The Balaban J connectivity index is 1.93. The molecule has 0 radical (unpaired) electrons. The lowest BCUT2D eigenvalue weighted by Gasteiger charge is -2.33. The minimum atomic E-state index is -0.600. The van der Waals surface area contributed by atoms with E-state index in [4.69, 9.17) is 9.47 Å². The Kier molecular flexibility index (Phi) is 6.18. The van der Waals surface area contributed by atoms with Gasteiger partial charge in [-0.1, -0.05) is 12.1 Å². The van der Waals surface area contributed by atoms with Crippen LogP contribution in [0.25, 0.3) is 0 Å². The summed E-state index contributed by atoms with van der Waals surface area (Å²) in [5.74, 6) is -0.921. The summed E-state index contributed by atoms with van der Waals surface area (Å²) in [5.41, 5.74) is -0.346. The first-order valence-corrected chi connectivity index (χ1v) is 8.54. The van der Waals surface area contributed by atoms with Gasteiger partial charge in [0.05, 0.1) is 16.4 Å². The molecular formula is C18H24N2O6. The number of ether oxygens (including phenoxy) is 2. The highest BCUT2D eigenvalue weighted by Gasteiger charge is 2.32. The van der Waals surface area contributed by atoms with Gasteiger partial charge in [-0.2, -0.15) is 0 Å². The van der Waals surface area contributed by atoms with Gasteiger partial charge < -0.3 is 14.4 Å². The summed E-state index contributed by atoms with van der Waals surface area (Å²) in [7, 11) is 0. The van der Waals surface area contributed by atoms with Gasteiger partial charge in [0, 0.05) is 19.2 Å². The number of para-hydroxylation sites is 1. The molecule has 142 valence electrons. The van der Waals surface area contributed by atoms with E-state index in [1.165, 1.54) is 11.0 Å². The van der Waals surface area contributed by atoms with Crippen LogP contribution in [0.1, 0.15) is 39.2 Å². The molecule has 0 N–H and O–H groups in total. The number of nitro benzene ring substituents is 1. The van der Waals surface area contributed by atoms with E-state index in [0.717, 1.165) is 0 Å². The number of hydrogen-bond acceptors (Lipinski definition) is 6. The van der Waals surface area contributed by atoms with Crippen LogP contribution in [0.2, 0.25) is 0 Å². The van der Waals surface area contributed by atoms with Gasteiger partial charge in [-0.25, -0.2) is 4.79 Å². The van der Waals surface area contributed by atoms with Gasteiger partial charge in [-0.15, -0.1) is 0 Å².